The van der Waals surface area contributed by atoms with Crippen LogP contribution >= 0.6 is 31.9 Å². The van der Waals surface area contributed by atoms with Gasteiger partial charge in [0.1, 0.15) is 0 Å². The Hall–Kier alpha value is 0.0300. The van der Waals surface area contributed by atoms with Crippen LogP contribution in [0.3, 0.4) is 0 Å². The van der Waals surface area contributed by atoms with Gasteiger partial charge < -0.3 is 10.4 Å². The molecule has 3 nitrogen and oxygen atoms in total. The molecule has 1 heterocycles. The number of aliphatic hydroxyl groups excluding tert-OH is 1. The fraction of sp³-hybridized carbons (Fsp3) is 0.583. The van der Waals surface area contributed by atoms with Crippen molar-refractivity contribution in [3.8, 4) is 0 Å². The second kappa shape index (κ2) is 7.46. The number of nitrogens with one attached hydrogen (secondary N) is 1. The normalized spacial score (nSPS) is 13.1. The zero-order valence-corrected chi connectivity index (χ0v) is 13.3. The van der Waals surface area contributed by atoms with Crippen LogP contribution in [0.4, 0.5) is 0 Å². The Balaban J connectivity index is 2.59. The van der Waals surface area contributed by atoms with Crippen molar-refractivity contribution in [3.05, 3.63) is 26.9 Å². The van der Waals surface area contributed by atoms with Crippen molar-refractivity contribution in [1.29, 1.82) is 0 Å². The van der Waals surface area contributed by atoms with Gasteiger partial charge in [0.05, 0.1) is 5.69 Å². The van der Waals surface area contributed by atoms with E-state index >= 15 is 0 Å². The van der Waals surface area contributed by atoms with Gasteiger partial charge in [0.15, 0.2) is 0 Å². The number of rotatable bonds is 6. The summed E-state index contributed by atoms with van der Waals surface area (Å²) in [6, 6.07) is 2.30. The molecule has 0 spiro atoms. The smallest absolute Gasteiger partial charge is 0.0684 e. The average molecular weight is 366 g/mol. The van der Waals surface area contributed by atoms with Crippen LogP contribution in [0.5, 0.6) is 0 Å². The molecule has 0 bridgehead atoms. The molecule has 96 valence electrons. The fourth-order valence-corrected chi connectivity index (χ4v) is 2.74. The number of hydrogen-bond donors (Lipinski definition) is 2. The Morgan fingerprint density at radius 2 is 2.12 bits per heavy atom. The highest BCUT2D eigenvalue weighted by atomic mass is 79.9. The minimum Gasteiger partial charge on any atom is -0.396 e. The average Bonchev–Trinajstić information content (AvgIpc) is 2.25. The summed E-state index contributed by atoms with van der Waals surface area (Å²) in [5.74, 6) is 0.497. The van der Waals surface area contributed by atoms with E-state index in [4.69, 9.17) is 5.11 Å². The van der Waals surface area contributed by atoms with Crippen molar-refractivity contribution in [3.63, 3.8) is 0 Å². The quantitative estimate of drug-likeness (QED) is 0.814. The lowest BCUT2D eigenvalue weighted by Crippen LogP contribution is -2.34. The van der Waals surface area contributed by atoms with Crippen LogP contribution < -0.4 is 5.32 Å². The van der Waals surface area contributed by atoms with Crippen LogP contribution in [-0.4, -0.2) is 22.7 Å². The third-order valence-corrected chi connectivity index (χ3v) is 3.78. The van der Waals surface area contributed by atoms with E-state index in [1.807, 2.05) is 6.07 Å². The lowest BCUT2D eigenvalue weighted by atomic mass is 10.0. The van der Waals surface area contributed by atoms with Gasteiger partial charge >= 0.3 is 0 Å². The fourth-order valence-electron chi connectivity index (χ4n) is 1.61. The predicted octanol–water partition coefficient (Wildman–Crippen LogP) is 3.10. The molecule has 1 atom stereocenters. The van der Waals surface area contributed by atoms with Crippen LogP contribution in [0.15, 0.2) is 21.2 Å². The highest BCUT2D eigenvalue weighted by Gasteiger charge is 2.13. The number of pyridine rings is 1. The molecule has 0 radical (unpaired) electrons. The maximum atomic E-state index is 9.00. The molecule has 0 fully saturated rings. The molecule has 1 rings (SSSR count). The van der Waals surface area contributed by atoms with E-state index in [1.54, 1.807) is 6.20 Å². The first-order valence-corrected chi connectivity index (χ1v) is 7.27. The van der Waals surface area contributed by atoms with E-state index < -0.39 is 0 Å². The standard InChI is InChI=1S/C12H18Br2N2O/c1-8(2)11(3-4-17)16-7-12-10(14)5-9(13)6-15-12/h5-6,8,11,16-17H,3-4,7H2,1-2H3. The molecule has 0 amide bonds. The lowest BCUT2D eigenvalue weighted by molar-refractivity contribution is 0.243. The zero-order valence-electron chi connectivity index (χ0n) is 10.1. The van der Waals surface area contributed by atoms with Gasteiger partial charge in [-0.15, -0.1) is 0 Å². The van der Waals surface area contributed by atoms with Gasteiger partial charge in [-0.2, -0.15) is 0 Å². The van der Waals surface area contributed by atoms with Gasteiger partial charge in [0.2, 0.25) is 0 Å². The van der Waals surface area contributed by atoms with Gasteiger partial charge in [-0.05, 0) is 50.3 Å². The van der Waals surface area contributed by atoms with Gasteiger partial charge in [-0.25, -0.2) is 0 Å². The number of halogens is 2. The maximum Gasteiger partial charge on any atom is 0.0684 e. The third-order valence-electron chi connectivity index (χ3n) is 2.66. The summed E-state index contributed by atoms with van der Waals surface area (Å²) in [7, 11) is 0. The van der Waals surface area contributed by atoms with E-state index in [2.05, 4.69) is 56.0 Å². The Labute approximate surface area is 119 Å². The molecule has 0 aliphatic carbocycles. The Bertz CT molecular complexity index is 358. The summed E-state index contributed by atoms with van der Waals surface area (Å²) in [6.07, 6.45) is 2.56. The van der Waals surface area contributed by atoms with Crippen LogP contribution in [0.25, 0.3) is 0 Å². The Morgan fingerprint density at radius 1 is 1.41 bits per heavy atom. The van der Waals surface area contributed by atoms with Crippen molar-refractivity contribution in [2.24, 2.45) is 5.92 Å². The molecule has 0 aliphatic heterocycles. The van der Waals surface area contributed by atoms with Gasteiger partial charge in [0.25, 0.3) is 0 Å². The third kappa shape index (κ3) is 5.04. The molecular formula is C12H18Br2N2O. The molecule has 0 aromatic carbocycles. The van der Waals surface area contributed by atoms with E-state index in [9.17, 15) is 0 Å². The second-order valence-electron chi connectivity index (χ2n) is 4.33. The Kier molecular flexibility index (Phi) is 6.62. The van der Waals surface area contributed by atoms with Gasteiger partial charge in [0, 0.05) is 34.3 Å². The topological polar surface area (TPSA) is 45.1 Å². The summed E-state index contributed by atoms with van der Waals surface area (Å²) >= 11 is 6.87. The molecule has 1 unspecified atom stereocenters. The predicted molar refractivity (Wildman–Crippen MR) is 76.8 cm³/mol. The van der Waals surface area contributed by atoms with E-state index in [0.717, 1.165) is 21.1 Å². The molecule has 0 aliphatic rings. The summed E-state index contributed by atoms with van der Waals surface area (Å²) in [4.78, 5) is 4.35. The summed E-state index contributed by atoms with van der Waals surface area (Å²) in [5.41, 5.74) is 0.983. The number of hydrogen-bond acceptors (Lipinski definition) is 3. The van der Waals surface area contributed by atoms with Crippen molar-refractivity contribution in [2.75, 3.05) is 6.61 Å². The highest BCUT2D eigenvalue weighted by Crippen LogP contribution is 2.19. The maximum absolute atomic E-state index is 9.00. The van der Waals surface area contributed by atoms with Crippen LogP contribution in [-0.2, 0) is 6.54 Å². The second-order valence-corrected chi connectivity index (χ2v) is 6.10. The van der Waals surface area contributed by atoms with Crippen LogP contribution in [0.1, 0.15) is 26.0 Å². The first-order valence-electron chi connectivity index (χ1n) is 5.68. The highest BCUT2D eigenvalue weighted by molar-refractivity contribution is 9.11. The summed E-state index contributed by atoms with van der Waals surface area (Å²) in [5, 5.41) is 12.4. The van der Waals surface area contributed by atoms with Crippen molar-refractivity contribution in [1.82, 2.24) is 10.3 Å². The molecule has 1 aromatic rings. The SMILES string of the molecule is CC(C)C(CCO)NCc1ncc(Br)cc1Br. The minimum absolute atomic E-state index is 0.213. The number of aliphatic hydroxyl groups is 1. The molecule has 5 heteroatoms. The molecule has 2 N–H and O–H groups in total. The van der Waals surface area contributed by atoms with Gasteiger partial charge in [-0.3, -0.25) is 4.98 Å². The molecule has 1 aromatic heterocycles. The lowest BCUT2D eigenvalue weighted by Gasteiger charge is -2.21. The summed E-state index contributed by atoms with van der Waals surface area (Å²) < 4.78 is 1.95. The molecule has 17 heavy (non-hydrogen) atoms. The van der Waals surface area contributed by atoms with E-state index in [1.165, 1.54) is 0 Å². The zero-order chi connectivity index (χ0) is 12.8. The Morgan fingerprint density at radius 3 is 2.65 bits per heavy atom. The van der Waals surface area contributed by atoms with E-state index in [0.29, 0.717) is 18.5 Å². The van der Waals surface area contributed by atoms with Crippen molar-refractivity contribution in [2.45, 2.75) is 32.9 Å². The van der Waals surface area contributed by atoms with Crippen molar-refractivity contribution < 1.29 is 5.11 Å². The number of aromatic nitrogens is 1. The number of nitrogens with zero attached hydrogens (tertiary/aromatic N) is 1. The molecule has 0 saturated heterocycles. The molecular weight excluding hydrogens is 348 g/mol. The molecule has 0 saturated carbocycles. The van der Waals surface area contributed by atoms with Crippen LogP contribution in [0, 0.1) is 5.92 Å². The summed E-state index contributed by atoms with van der Waals surface area (Å²) in [6.45, 7) is 5.22. The largest absolute Gasteiger partial charge is 0.396 e. The van der Waals surface area contributed by atoms with Crippen LogP contribution in [0.2, 0.25) is 0 Å². The van der Waals surface area contributed by atoms with Gasteiger partial charge in [-0.1, -0.05) is 13.8 Å². The minimum atomic E-state index is 0.213. The first-order chi connectivity index (χ1) is 8.04. The van der Waals surface area contributed by atoms with E-state index in [-0.39, 0.29) is 6.61 Å². The monoisotopic (exact) mass is 364 g/mol. The first kappa shape index (κ1) is 15.1. The van der Waals surface area contributed by atoms with Crippen molar-refractivity contribution >= 4 is 31.9 Å².